The van der Waals surface area contributed by atoms with Crippen molar-refractivity contribution in [2.45, 2.75) is 25.7 Å². The van der Waals surface area contributed by atoms with Gasteiger partial charge in [0, 0.05) is 37.1 Å². The molecule has 1 aliphatic rings. The van der Waals surface area contributed by atoms with Crippen molar-refractivity contribution in [1.29, 1.82) is 0 Å². The molecule has 4 heteroatoms. The Hall–Kier alpha value is -2.36. The number of hydrogen-bond donors (Lipinski definition) is 1. The van der Waals surface area contributed by atoms with Gasteiger partial charge >= 0.3 is 0 Å². The quantitative estimate of drug-likeness (QED) is 0.784. The summed E-state index contributed by atoms with van der Waals surface area (Å²) in [4.78, 5) is 14.9. The highest BCUT2D eigenvalue weighted by Gasteiger charge is 2.24. The molecule has 4 rings (SSSR count). The monoisotopic (exact) mass is 292 g/mol. The van der Waals surface area contributed by atoms with Crippen molar-refractivity contribution < 1.29 is 0 Å². The fourth-order valence-electron chi connectivity index (χ4n) is 3.38. The Kier molecular flexibility index (Phi) is 3.29. The number of imidazole rings is 1. The van der Waals surface area contributed by atoms with E-state index in [9.17, 15) is 0 Å². The zero-order valence-corrected chi connectivity index (χ0v) is 12.8. The SMILES string of the molecule is Cc1cccc2[nH]c([C@@H]3CCCN(c4ccncc4)C3)nc12. The molecule has 1 fully saturated rings. The van der Waals surface area contributed by atoms with Gasteiger partial charge in [-0.25, -0.2) is 4.98 Å². The number of hydrogen-bond acceptors (Lipinski definition) is 3. The third kappa shape index (κ3) is 2.34. The number of aromatic nitrogens is 3. The van der Waals surface area contributed by atoms with Gasteiger partial charge in [-0.1, -0.05) is 12.1 Å². The van der Waals surface area contributed by atoms with E-state index in [0.717, 1.165) is 29.9 Å². The van der Waals surface area contributed by atoms with Gasteiger partial charge in [-0.05, 0) is 43.5 Å². The molecule has 2 aromatic heterocycles. The largest absolute Gasteiger partial charge is 0.371 e. The molecule has 3 heterocycles. The number of aryl methyl sites for hydroxylation is 1. The lowest BCUT2D eigenvalue weighted by Gasteiger charge is -2.33. The number of anilines is 1. The van der Waals surface area contributed by atoms with Crippen LogP contribution >= 0.6 is 0 Å². The first-order valence-corrected chi connectivity index (χ1v) is 7.91. The van der Waals surface area contributed by atoms with Crippen LogP contribution in [0.5, 0.6) is 0 Å². The minimum atomic E-state index is 0.466. The second-order valence-corrected chi connectivity index (χ2v) is 6.08. The van der Waals surface area contributed by atoms with Crippen molar-refractivity contribution in [3.05, 3.63) is 54.1 Å². The summed E-state index contributed by atoms with van der Waals surface area (Å²) in [6.07, 6.45) is 6.12. The Morgan fingerprint density at radius 3 is 2.86 bits per heavy atom. The first-order valence-electron chi connectivity index (χ1n) is 7.91. The van der Waals surface area contributed by atoms with Crippen LogP contribution in [0.2, 0.25) is 0 Å². The van der Waals surface area contributed by atoms with Gasteiger partial charge in [-0.2, -0.15) is 0 Å². The van der Waals surface area contributed by atoms with E-state index in [1.54, 1.807) is 0 Å². The number of nitrogens with zero attached hydrogens (tertiary/aromatic N) is 3. The molecule has 112 valence electrons. The highest BCUT2D eigenvalue weighted by atomic mass is 15.1. The molecule has 1 N–H and O–H groups in total. The first-order chi connectivity index (χ1) is 10.8. The summed E-state index contributed by atoms with van der Waals surface area (Å²) in [6.45, 7) is 4.25. The lowest BCUT2D eigenvalue weighted by Crippen LogP contribution is -2.34. The summed E-state index contributed by atoms with van der Waals surface area (Å²) in [5.74, 6) is 1.59. The van der Waals surface area contributed by atoms with Gasteiger partial charge in [-0.3, -0.25) is 4.98 Å². The molecule has 1 saturated heterocycles. The molecule has 1 atom stereocenters. The van der Waals surface area contributed by atoms with Crippen LogP contribution in [0.25, 0.3) is 11.0 Å². The fourth-order valence-corrected chi connectivity index (χ4v) is 3.38. The highest BCUT2D eigenvalue weighted by molar-refractivity contribution is 5.78. The molecule has 22 heavy (non-hydrogen) atoms. The maximum absolute atomic E-state index is 4.87. The zero-order chi connectivity index (χ0) is 14.9. The highest BCUT2D eigenvalue weighted by Crippen LogP contribution is 2.29. The molecule has 3 aromatic rings. The molecule has 0 bridgehead atoms. The van der Waals surface area contributed by atoms with Crippen LogP contribution in [0.3, 0.4) is 0 Å². The van der Waals surface area contributed by atoms with E-state index >= 15 is 0 Å². The van der Waals surface area contributed by atoms with Gasteiger partial charge in [0.2, 0.25) is 0 Å². The number of benzene rings is 1. The van der Waals surface area contributed by atoms with Crippen LogP contribution in [0, 0.1) is 6.92 Å². The van der Waals surface area contributed by atoms with Crippen molar-refractivity contribution in [1.82, 2.24) is 15.0 Å². The predicted octanol–water partition coefficient (Wildman–Crippen LogP) is 3.65. The number of para-hydroxylation sites is 1. The summed E-state index contributed by atoms with van der Waals surface area (Å²) < 4.78 is 0. The van der Waals surface area contributed by atoms with E-state index in [0.29, 0.717) is 5.92 Å². The van der Waals surface area contributed by atoms with Gasteiger partial charge < -0.3 is 9.88 Å². The molecule has 0 spiro atoms. The van der Waals surface area contributed by atoms with E-state index in [1.165, 1.54) is 24.1 Å². The third-order valence-electron chi connectivity index (χ3n) is 4.57. The standard InChI is InChI=1S/C18H20N4/c1-13-4-2-6-16-17(13)21-18(20-16)14-5-3-11-22(12-14)15-7-9-19-10-8-15/h2,4,6-10,14H,3,5,11-12H2,1H3,(H,20,21)/t14-/m1/s1. The Morgan fingerprint density at radius 2 is 2.05 bits per heavy atom. The van der Waals surface area contributed by atoms with Crippen molar-refractivity contribution in [2.75, 3.05) is 18.0 Å². The molecular formula is C18H20N4. The zero-order valence-electron chi connectivity index (χ0n) is 12.8. The number of fused-ring (bicyclic) bond motifs is 1. The summed E-state index contributed by atoms with van der Waals surface area (Å²) in [7, 11) is 0. The van der Waals surface area contributed by atoms with Crippen LogP contribution in [0.15, 0.2) is 42.7 Å². The predicted molar refractivity (Wildman–Crippen MR) is 89.3 cm³/mol. The Morgan fingerprint density at radius 1 is 1.18 bits per heavy atom. The minimum absolute atomic E-state index is 0.466. The number of H-pyrrole nitrogens is 1. The van der Waals surface area contributed by atoms with Crippen molar-refractivity contribution in [3.8, 4) is 0 Å². The molecule has 4 nitrogen and oxygen atoms in total. The Balaban J connectivity index is 1.62. The van der Waals surface area contributed by atoms with Crippen LogP contribution in [-0.4, -0.2) is 28.0 Å². The van der Waals surface area contributed by atoms with Crippen molar-refractivity contribution >= 4 is 16.7 Å². The topological polar surface area (TPSA) is 44.8 Å². The molecule has 0 radical (unpaired) electrons. The van der Waals surface area contributed by atoms with E-state index < -0.39 is 0 Å². The number of rotatable bonds is 2. The fraction of sp³-hybridized carbons (Fsp3) is 0.333. The molecule has 0 unspecified atom stereocenters. The Bertz CT molecular complexity index is 778. The summed E-state index contributed by atoms with van der Waals surface area (Å²) in [5.41, 5.74) is 4.75. The van der Waals surface area contributed by atoms with Crippen LogP contribution in [0.4, 0.5) is 5.69 Å². The summed E-state index contributed by atoms with van der Waals surface area (Å²) in [5, 5.41) is 0. The molecule has 1 aliphatic heterocycles. The average molecular weight is 292 g/mol. The van der Waals surface area contributed by atoms with E-state index in [1.807, 2.05) is 12.4 Å². The van der Waals surface area contributed by atoms with Crippen LogP contribution < -0.4 is 4.90 Å². The van der Waals surface area contributed by atoms with Crippen LogP contribution in [0.1, 0.15) is 30.1 Å². The smallest absolute Gasteiger partial charge is 0.112 e. The van der Waals surface area contributed by atoms with Gasteiger partial charge in [0.15, 0.2) is 0 Å². The maximum Gasteiger partial charge on any atom is 0.112 e. The van der Waals surface area contributed by atoms with E-state index in [4.69, 9.17) is 4.98 Å². The van der Waals surface area contributed by atoms with Crippen molar-refractivity contribution in [3.63, 3.8) is 0 Å². The molecule has 0 amide bonds. The summed E-state index contributed by atoms with van der Waals surface area (Å²) in [6, 6.07) is 10.5. The molecular weight excluding hydrogens is 272 g/mol. The average Bonchev–Trinajstić information content (AvgIpc) is 3.02. The second-order valence-electron chi connectivity index (χ2n) is 6.08. The lowest BCUT2D eigenvalue weighted by molar-refractivity contribution is 0.495. The molecule has 0 saturated carbocycles. The number of aromatic amines is 1. The van der Waals surface area contributed by atoms with Crippen molar-refractivity contribution in [2.24, 2.45) is 0 Å². The van der Waals surface area contributed by atoms with E-state index in [-0.39, 0.29) is 0 Å². The lowest BCUT2D eigenvalue weighted by atomic mass is 9.97. The third-order valence-corrected chi connectivity index (χ3v) is 4.57. The first kappa shape index (κ1) is 13.3. The van der Waals surface area contributed by atoms with Gasteiger partial charge in [0.1, 0.15) is 5.82 Å². The summed E-state index contributed by atoms with van der Waals surface area (Å²) >= 11 is 0. The van der Waals surface area contributed by atoms with E-state index in [2.05, 4.69) is 52.1 Å². The van der Waals surface area contributed by atoms with Crippen LogP contribution in [-0.2, 0) is 0 Å². The molecule has 1 aromatic carbocycles. The van der Waals surface area contributed by atoms with Gasteiger partial charge in [0.25, 0.3) is 0 Å². The minimum Gasteiger partial charge on any atom is -0.371 e. The second kappa shape index (κ2) is 5.44. The number of pyridine rings is 1. The number of piperidine rings is 1. The van der Waals surface area contributed by atoms with Gasteiger partial charge in [-0.15, -0.1) is 0 Å². The normalized spacial score (nSPS) is 18.8. The molecule has 0 aliphatic carbocycles. The maximum atomic E-state index is 4.87. The number of nitrogens with one attached hydrogen (secondary N) is 1. The van der Waals surface area contributed by atoms with Gasteiger partial charge in [0.05, 0.1) is 11.0 Å². The Labute approximate surface area is 130 Å².